The number of benzene rings is 3. The molecule has 3 aromatic rings. The number of nitrogens with zero attached hydrogens (tertiary/aromatic N) is 2. The average Bonchev–Trinajstić information content (AvgIpc) is 2.78. The molecule has 1 saturated heterocycles. The van der Waals surface area contributed by atoms with E-state index in [1.54, 1.807) is 0 Å². The zero-order chi connectivity index (χ0) is 19.0. The molecule has 1 heterocycles. The van der Waals surface area contributed by atoms with Crippen molar-refractivity contribution in [3.8, 4) is 5.75 Å². The first kappa shape index (κ1) is 18.3. The lowest BCUT2D eigenvalue weighted by atomic mass is 10.2. The van der Waals surface area contributed by atoms with E-state index in [0.717, 1.165) is 48.9 Å². The van der Waals surface area contributed by atoms with E-state index >= 15 is 0 Å². The summed E-state index contributed by atoms with van der Waals surface area (Å²) in [6, 6.07) is 26.5. The number of rotatable bonds is 6. The van der Waals surface area contributed by atoms with Gasteiger partial charge in [0.1, 0.15) is 12.4 Å². The highest BCUT2D eigenvalue weighted by molar-refractivity contribution is 5.82. The second kappa shape index (κ2) is 9.20. The Balaban J connectivity index is 1.37. The SMILES string of the molecule is C(=Nc1ccc(N2CCOCC2)cc1)c1cccc(OCc2ccccc2)c1. The smallest absolute Gasteiger partial charge is 0.120 e. The third kappa shape index (κ3) is 4.99. The van der Waals surface area contributed by atoms with E-state index < -0.39 is 0 Å². The predicted octanol–water partition coefficient (Wildman–Crippen LogP) is 4.85. The maximum absolute atomic E-state index is 5.89. The van der Waals surface area contributed by atoms with Crippen LogP contribution in [0.3, 0.4) is 0 Å². The monoisotopic (exact) mass is 372 g/mol. The second-order valence-electron chi connectivity index (χ2n) is 6.72. The molecule has 28 heavy (non-hydrogen) atoms. The molecule has 0 radical (unpaired) electrons. The van der Waals surface area contributed by atoms with Crippen molar-refractivity contribution in [1.29, 1.82) is 0 Å². The zero-order valence-electron chi connectivity index (χ0n) is 15.8. The van der Waals surface area contributed by atoms with Crippen LogP contribution in [0.5, 0.6) is 5.75 Å². The van der Waals surface area contributed by atoms with Gasteiger partial charge in [-0.05, 0) is 47.5 Å². The molecule has 142 valence electrons. The number of hydrogen-bond donors (Lipinski definition) is 0. The van der Waals surface area contributed by atoms with Crippen LogP contribution in [0.4, 0.5) is 11.4 Å². The Labute approximate surface area is 166 Å². The molecule has 4 rings (SSSR count). The molecule has 3 aromatic carbocycles. The van der Waals surface area contributed by atoms with Crippen LogP contribution in [0, 0.1) is 0 Å². The van der Waals surface area contributed by atoms with Crippen molar-refractivity contribution < 1.29 is 9.47 Å². The van der Waals surface area contributed by atoms with E-state index in [0.29, 0.717) is 6.61 Å². The highest BCUT2D eigenvalue weighted by atomic mass is 16.5. The Morgan fingerprint density at radius 1 is 0.893 bits per heavy atom. The molecule has 0 aromatic heterocycles. The minimum Gasteiger partial charge on any atom is -0.489 e. The van der Waals surface area contributed by atoms with Crippen molar-refractivity contribution in [2.45, 2.75) is 6.61 Å². The van der Waals surface area contributed by atoms with Gasteiger partial charge in [-0.3, -0.25) is 4.99 Å². The summed E-state index contributed by atoms with van der Waals surface area (Å²) in [5.41, 5.74) is 4.33. The molecule has 4 heteroatoms. The number of anilines is 1. The Morgan fingerprint density at radius 3 is 2.46 bits per heavy atom. The standard InChI is InChI=1S/C24H24N2O2/c1-2-5-20(6-3-1)19-28-24-8-4-7-21(17-24)18-25-22-9-11-23(12-10-22)26-13-15-27-16-14-26/h1-12,17-18H,13-16,19H2. The van der Waals surface area contributed by atoms with Crippen LogP contribution >= 0.6 is 0 Å². The van der Waals surface area contributed by atoms with Gasteiger partial charge in [0.25, 0.3) is 0 Å². The lowest BCUT2D eigenvalue weighted by Gasteiger charge is -2.28. The van der Waals surface area contributed by atoms with E-state index in [2.05, 4.69) is 46.3 Å². The van der Waals surface area contributed by atoms with Crippen LogP contribution in [-0.4, -0.2) is 32.5 Å². The van der Waals surface area contributed by atoms with Crippen LogP contribution in [0.2, 0.25) is 0 Å². The summed E-state index contributed by atoms with van der Waals surface area (Å²) < 4.78 is 11.3. The van der Waals surface area contributed by atoms with Gasteiger partial charge in [0.05, 0.1) is 18.9 Å². The van der Waals surface area contributed by atoms with Gasteiger partial charge in [-0.1, -0.05) is 42.5 Å². The average molecular weight is 372 g/mol. The first-order chi connectivity index (χ1) is 13.9. The molecule has 0 aliphatic carbocycles. The number of aliphatic imine (C=N–C) groups is 1. The zero-order valence-corrected chi connectivity index (χ0v) is 15.8. The highest BCUT2D eigenvalue weighted by Crippen LogP contribution is 2.21. The van der Waals surface area contributed by atoms with Crippen LogP contribution in [-0.2, 0) is 11.3 Å². The molecule has 0 unspecified atom stereocenters. The molecule has 4 nitrogen and oxygen atoms in total. The van der Waals surface area contributed by atoms with E-state index in [1.165, 1.54) is 5.69 Å². The normalized spacial score (nSPS) is 14.4. The van der Waals surface area contributed by atoms with Crippen molar-refractivity contribution in [2.75, 3.05) is 31.2 Å². The van der Waals surface area contributed by atoms with Crippen LogP contribution < -0.4 is 9.64 Å². The molecule has 0 amide bonds. The molecule has 1 aliphatic heterocycles. The van der Waals surface area contributed by atoms with Crippen LogP contribution in [0.15, 0.2) is 83.9 Å². The minimum atomic E-state index is 0.560. The maximum atomic E-state index is 5.89. The van der Waals surface area contributed by atoms with Gasteiger partial charge >= 0.3 is 0 Å². The summed E-state index contributed by atoms with van der Waals surface area (Å²) >= 11 is 0. The van der Waals surface area contributed by atoms with E-state index in [9.17, 15) is 0 Å². The third-order valence-electron chi connectivity index (χ3n) is 4.70. The number of hydrogen-bond acceptors (Lipinski definition) is 4. The molecule has 0 N–H and O–H groups in total. The van der Waals surface area contributed by atoms with E-state index in [1.807, 2.05) is 48.7 Å². The molecule has 1 aliphatic rings. The molecule has 0 atom stereocenters. The predicted molar refractivity (Wildman–Crippen MR) is 114 cm³/mol. The first-order valence-corrected chi connectivity index (χ1v) is 9.60. The quantitative estimate of drug-likeness (QED) is 0.580. The van der Waals surface area contributed by atoms with E-state index in [4.69, 9.17) is 9.47 Å². The molecule has 0 spiro atoms. The fourth-order valence-corrected chi connectivity index (χ4v) is 3.15. The minimum absolute atomic E-state index is 0.560. The summed E-state index contributed by atoms with van der Waals surface area (Å²) in [6.45, 7) is 4.03. The fourth-order valence-electron chi connectivity index (χ4n) is 3.15. The van der Waals surface area contributed by atoms with Crippen molar-refractivity contribution in [3.63, 3.8) is 0 Å². The molecule has 0 saturated carbocycles. The Bertz CT molecular complexity index is 901. The van der Waals surface area contributed by atoms with Crippen LogP contribution in [0.1, 0.15) is 11.1 Å². The van der Waals surface area contributed by atoms with Gasteiger partial charge in [-0.15, -0.1) is 0 Å². The Morgan fingerprint density at radius 2 is 1.68 bits per heavy atom. The Hall–Kier alpha value is -3.11. The molecule has 0 bridgehead atoms. The lowest BCUT2D eigenvalue weighted by Crippen LogP contribution is -2.36. The number of ether oxygens (including phenoxy) is 2. The number of morpholine rings is 1. The molecular weight excluding hydrogens is 348 g/mol. The van der Waals surface area contributed by atoms with Gasteiger partial charge in [-0.25, -0.2) is 0 Å². The largest absolute Gasteiger partial charge is 0.489 e. The first-order valence-electron chi connectivity index (χ1n) is 9.60. The van der Waals surface area contributed by atoms with Crippen molar-refractivity contribution in [3.05, 3.63) is 90.0 Å². The van der Waals surface area contributed by atoms with Gasteiger partial charge < -0.3 is 14.4 Å². The molecule has 1 fully saturated rings. The van der Waals surface area contributed by atoms with E-state index in [-0.39, 0.29) is 0 Å². The van der Waals surface area contributed by atoms with Gasteiger partial charge in [0.2, 0.25) is 0 Å². The van der Waals surface area contributed by atoms with Gasteiger partial charge in [0.15, 0.2) is 0 Å². The summed E-state index contributed by atoms with van der Waals surface area (Å²) in [5, 5.41) is 0. The van der Waals surface area contributed by atoms with Gasteiger partial charge in [0, 0.05) is 25.0 Å². The third-order valence-corrected chi connectivity index (χ3v) is 4.70. The molecular formula is C24H24N2O2. The maximum Gasteiger partial charge on any atom is 0.120 e. The van der Waals surface area contributed by atoms with Crippen molar-refractivity contribution in [2.24, 2.45) is 4.99 Å². The Kier molecular flexibility index (Phi) is 6.00. The van der Waals surface area contributed by atoms with Crippen molar-refractivity contribution >= 4 is 17.6 Å². The summed E-state index contributed by atoms with van der Waals surface area (Å²) in [7, 11) is 0. The topological polar surface area (TPSA) is 34.1 Å². The van der Waals surface area contributed by atoms with Crippen LogP contribution in [0.25, 0.3) is 0 Å². The summed E-state index contributed by atoms with van der Waals surface area (Å²) in [5.74, 6) is 0.843. The second-order valence-corrected chi connectivity index (χ2v) is 6.72. The highest BCUT2D eigenvalue weighted by Gasteiger charge is 2.10. The van der Waals surface area contributed by atoms with Crippen molar-refractivity contribution in [1.82, 2.24) is 0 Å². The van der Waals surface area contributed by atoms with Gasteiger partial charge in [-0.2, -0.15) is 0 Å². The fraction of sp³-hybridized carbons (Fsp3) is 0.208. The summed E-state index contributed by atoms with van der Waals surface area (Å²) in [4.78, 5) is 6.94. The summed E-state index contributed by atoms with van der Waals surface area (Å²) in [6.07, 6.45) is 1.87. The lowest BCUT2D eigenvalue weighted by molar-refractivity contribution is 0.122.